The van der Waals surface area contributed by atoms with Gasteiger partial charge in [0.25, 0.3) is 0 Å². The molecule has 21 heavy (non-hydrogen) atoms. The van der Waals surface area contributed by atoms with Gasteiger partial charge in [-0.25, -0.2) is 13.5 Å². The van der Waals surface area contributed by atoms with Crippen LogP contribution in [0.15, 0.2) is 22.8 Å². The second-order valence-electron chi connectivity index (χ2n) is 4.64. The molecule has 1 aromatic carbocycles. The summed E-state index contributed by atoms with van der Waals surface area (Å²) in [4.78, 5) is 0. The zero-order chi connectivity index (χ0) is 15.4. The van der Waals surface area contributed by atoms with E-state index in [9.17, 15) is 8.78 Å². The molecule has 0 aliphatic heterocycles. The standard InChI is InChI=1S/C14H17BrF2N4/c1-3-7-21-11(8-19-20-21)14(18-4-2)9-5-6-10(16)13(17)12(9)15/h5-6,8,14,18H,3-4,7H2,1-2H3. The number of aromatic nitrogens is 3. The summed E-state index contributed by atoms with van der Waals surface area (Å²) < 4.78 is 29.0. The Labute approximate surface area is 130 Å². The minimum absolute atomic E-state index is 0.123. The summed E-state index contributed by atoms with van der Waals surface area (Å²) in [5.74, 6) is -1.76. The number of rotatable bonds is 6. The lowest BCUT2D eigenvalue weighted by Gasteiger charge is -2.20. The molecule has 0 bridgehead atoms. The van der Waals surface area contributed by atoms with Crippen molar-refractivity contribution in [3.63, 3.8) is 0 Å². The van der Waals surface area contributed by atoms with Gasteiger partial charge in [0.05, 0.1) is 22.4 Å². The highest BCUT2D eigenvalue weighted by molar-refractivity contribution is 9.10. The maximum atomic E-state index is 13.8. The van der Waals surface area contributed by atoms with E-state index < -0.39 is 11.6 Å². The Morgan fingerprint density at radius 2 is 2.10 bits per heavy atom. The van der Waals surface area contributed by atoms with Crippen LogP contribution in [0, 0.1) is 11.6 Å². The van der Waals surface area contributed by atoms with Crippen molar-refractivity contribution >= 4 is 15.9 Å². The molecule has 4 nitrogen and oxygen atoms in total. The molecular weight excluding hydrogens is 342 g/mol. The SMILES string of the molecule is CCCn1nncc1C(NCC)c1ccc(F)c(F)c1Br. The Morgan fingerprint density at radius 1 is 1.33 bits per heavy atom. The van der Waals surface area contributed by atoms with Gasteiger partial charge in [-0.05, 0) is 40.5 Å². The lowest BCUT2D eigenvalue weighted by molar-refractivity contribution is 0.489. The van der Waals surface area contributed by atoms with Crippen LogP contribution in [0.5, 0.6) is 0 Å². The van der Waals surface area contributed by atoms with E-state index in [2.05, 4.69) is 31.6 Å². The first-order valence-electron chi connectivity index (χ1n) is 6.85. The van der Waals surface area contributed by atoms with Crippen molar-refractivity contribution < 1.29 is 8.78 Å². The molecule has 0 amide bonds. The Bertz CT molecular complexity index is 615. The van der Waals surface area contributed by atoms with E-state index >= 15 is 0 Å². The fraction of sp³-hybridized carbons (Fsp3) is 0.429. The summed E-state index contributed by atoms with van der Waals surface area (Å²) in [5.41, 5.74) is 1.45. The lowest BCUT2D eigenvalue weighted by Crippen LogP contribution is -2.25. The van der Waals surface area contributed by atoms with E-state index in [4.69, 9.17) is 0 Å². The predicted molar refractivity (Wildman–Crippen MR) is 79.9 cm³/mol. The topological polar surface area (TPSA) is 42.7 Å². The molecule has 1 aromatic heterocycles. The van der Waals surface area contributed by atoms with Crippen molar-refractivity contribution in [1.29, 1.82) is 0 Å². The molecule has 0 spiro atoms. The van der Waals surface area contributed by atoms with Crippen LogP contribution in [-0.2, 0) is 6.54 Å². The molecule has 2 rings (SSSR count). The smallest absolute Gasteiger partial charge is 0.173 e. The van der Waals surface area contributed by atoms with Crippen molar-refractivity contribution in [3.8, 4) is 0 Å². The average Bonchev–Trinajstić information content (AvgIpc) is 2.92. The maximum absolute atomic E-state index is 13.8. The molecule has 1 heterocycles. The molecular formula is C14H17BrF2N4. The molecule has 1 N–H and O–H groups in total. The van der Waals surface area contributed by atoms with Gasteiger partial charge in [-0.15, -0.1) is 5.10 Å². The summed E-state index contributed by atoms with van der Waals surface area (Å²) in [5, 5.41) is 11.2. The molecule has 0 aliphatic rings. The van der Waals surface area contributed by atoms with Gasteiger partial charge in [0.2, 0.25) is 0 Å². The van der Waals surface area contributed by atoms with E-state index in [1.165, 1.54) is 0 Å². The third-order valence-corrected chi connectivity index (χ3v) is 3.97. The van der Waals surface area contributed by atoms with Crippen molar-refractivity contribution in [1.82, 2.24) is 20.3 Å². The summed E-state index contributed by atoms with van der Waals surface area (Å²) in [6.45, 7) is 5.39. The number of aryl methyl sites for hydroxylation is 1. The molecule has 1 atom stereocenters. The minimum atomic E-state index is -0.884. The van der Waals surface area contributed by atoms with Gasteiger partial charge in [0.15, 0.2) is 11.6 Å². The summed E-state index contributed by atoms with van der Waals surface area (Å²) in [6.07, 6.45) is 2.56. The number of hydrogen-bond donors (Lipinski definition) is 1. The van der Waals surface area contributed by atoms with E-state index in [1.54, 1.807) is 16.9 Å². The Hall–Kier alpha value is -1.34. The molecule has 0 aliphatic carbocycles. The molecule has 0 saturated heterocycles. The third kappa shape index (κ3) is 3.29. The Balaban J connectivity index is 2.48. The fourth-order valence-electron chi connectivity index (χ4n) is 2.22. The van der Waals surface area contributed by atoms with Gasteiger partial charge < -0.3 is 5.32 Å². The number of nitrogens with zero attached hydrogens (tertiary/aromatic N) is 3. The molecule has 0 saturated carbocycles. The van der Waals surface area contributed by atoms with Crippen LogP contribution >= 0.6 is 15.9 Å². The summed E-state index contributed by atoms with van der Waals surface area (Å²) >= 11 is 3.15. The normalized spacial score (nSPS) is 12.6. The number of nitrogens with one attached hydrogen (secondary N) is 1. The largest absolute Gasteiger partial charge is 0.305 e. The first-order valence-corrected chi connectivity index (χ1v) is 7.64. The highest BCUT2D eigenvalue weighted by Crippen LogP contribution is 2.31. The van der Waals surface area contributed by atoms with E-state index in [1.807, 2.05) is 13.8 Å². The number of hydrogen-bond acceptors (Lipinski definition) is 3. The average molecular weight is 359 g/mol. The van der Waals surface area contributed by atoms with Gasteiger partial charge in [-0.1, -0.05) is 25.1 Å². The first kappa shape index (κ1) is 16.0. The van der Waals surface area contributed by atoms with E-state index in [-0.39, 0.29) is 10.5 Å². The van der Waals surface area contributed by atoms with E-state index in [0.29, 0.717) is 12.1 Å². The van der Waals surface area contributed by atoms with Crippen LogP contribution in [-0.4, -0.2) is 21.5 Å². The van der Waals surface area contributed by atoms with Gasteiger partial charge in [0, 0.05) is 6.54 Å². The number of benzene rings is 1. The third-order valence-electron chi connectivity index (χ3n) is 3.16. The first-order chi connectivity index (χ1) is 10.1. The zero-order valence-electron chi connectivity index (χ0n) is 11.9. The van der Waals surface area contributed by atoms with Crippen molar-refractivity contribution in [2.75, 3.05) is 6.54 Å². The van der Waals surface area contributed by atoms with Gasteiger partial charge in [-0.3, -0.25) is 0 Å². The van der Waals surface area contributed by atoms with Crippen molar-refractivity contribution in [3.05, 3.63) is 45.7 Å². The highest BCUT2D eigenvalue weighted by Gasteiger charge is 2.23. The second kappa shape index (κ2) is 7.09. The molecule has 0 radical (unpaired) electrons. The van der Waals surface area contributed by atoms with Gasteiger partial charge >= 0.3 is 0 Å². The number of halogens is 3. The molecule has 0 fully saturated rings. The summed E-state index contributed by atoms with van der Waals surface area (Å²) in [6, 6.07) is 2.40. The summed E-state index contributed by atoms with van der Waals surface area (Å²) in [7, 11) is 0. The van der Waals surface area contributed by atoms with Gasteiger partial charge in [-0.2, -0.15) is 0 Å². The molecule has 114 valence electrons. The van der Waals surface area contributed by atoms with Crippen molar-refractivity contribution in [2.45, 2.75) is 32.9 Å². The maximum Gasteiger partial charge on any atom is 0.173 e. The van der Waals surface area contributed by atoms with Gasteiger partial charge in [0.1, 0.15) is 0 Å². The monoisotopic (exact) mass is 358 g/mol. The second-order valence-corrected chi connectivity index (χ2v) is 5.43. The predicted octanol–water partition coefficient (Wildman–Crippen LogP) is 3.43. The zero-order valence-corrected chi connectivity index (χ0v) is 13.5. The van der Waals surface area contributed by atoms with Crippen LogP contribution in [0.3, 0.4) is 0 Å². The molecule has 2 aromatic rings. The van der Waals surface area contributed by atoms with Crippen LogP contribution in [0.4, 0.5) is 8.78 Å². The van der Waals surface area contributed by atoms with Crippen LogP contribution < -0.4 is 5.32 Å². The van der Waals surface area contributed by atoms with Crippen LogP contribution in [0.2, 0.25) is 0 Å². The highest BCUT2D eigenvalue weighted by atomic mass is 79.9. The van der Waals surface area contributed by atoms with Crippen LogP contribution in [0.25, 0.3) is 0 Å². The van der Waals surface area contributed by atoms with E-state index in [0.717, 1.165) is 24.7 Å². The van der Waals surface area contributed by atoms with Crippen molar-refractivity contribution in [2.24, 2.45) is 0 Å². The Morgan fingerprint density at radius 3 is 2.76 bits per heavy atom. The Kier molecular flexibility index (Phi) is 5.41. The quantitative estimate of drug-likeness (QED) is 0.804. The lowest BCUT2D eigenvalue weighted by atomic mass is 10.0. The fourth-order valence-corrected chi connectivity index (χ4v) is 2.77. The van der Waals surface area contributed by atoms with Crippen LogP contribution in [0.1, 0.15) is 37.6 Å². The molecule has 1 unspecified atom stereocenters. The molecule has 7 heteroatoms. The minimum Gasteiger partial charge on any atom is -0.305 e.